The van der Waals surface area contributed by atoms with Gasteiger partial charge in [0.15, 0.2) is 6.10 Å². The van der Waals surface area contributed by atoms with Crippen LogP contribution in [0.25, 0.3) is 0 Å². The van der Waals surface area contributed by atoms with Gasteiger partial charge in [-0.25, -0.2) is 9.59 Å². The molecule has 1 atom stereocenters. The maximum absolute atomic E-state index is 11.3. The van der Waals surface area contributed by atoms with Gasteiger partial charge in [-0.2, -0.15) is 0 Å². The minimum atomic E-state index is -1.58. The first-order chi connectivity index (χ1) is 7.99. The topological polar surface area (TPSA) is 108 Å². The second-order valence-corrected chi connectivity index (χ2v) is 4.16. The van der Waals surface area contributed by atoms with Crippen molar-refractivity contribution in [3.05, 3.63) is 0 Å². The Morgan fingerprint density at radius 3 is 2.47 bits per heavy atom. The molecule has 0 heterocycles. The number of urea groups is 1. The van der Waals surface area contributed by atoms with Crippen molar-refractivity contribution >= 4 is 12.0 Å². The average molecular weight is 246 g/mol. The minimum absolute atomic E-state index is 0.275. The SMILES string of the molecule is COC1(CNC(=O)NCC(O)C(=O)O)CCC1. The number of nitrogens with one attached hydrogen (secondary N) is 2. The normalized spacial score (nSPS) is 18.9. The van der Waals surface area contributed by atoms with Crippen molar-refractivity contribution in [2.45, 2.75) is 31.0 Å². The predicted molar refractivity (Wildman–Crippen MR) is 58.6 cm³/mol. The molecular formula is C10H18N2O5. The van der Waals surface area contributed by atoms with Crippen molar-refractivity contribution in [3.8, 4) is 0 Å². The predicted octanol–water partition coefficient (Wildman–Crippen LogP) is -0.700. The lowest BCUT2D eigenvalue weighted by Crippen LogP contribution is -2.52. The second-order valence-electron chi connectivity index (χ2n) is 4.16. The number of aliphatic hydroxyl groups is 1. The quantitative estimate of drug-likeness (QED) is 0.495. The molecule has 0 radical (unpaired) electrons. The highest BCUT2D eigenvalue weighted by Crippen LogP contribution is 2.34. The lowest BCUT2D eigenvalue weighted by atomic mass is 9.80. The number of rotatable bonds is 6. The number of methoxy groups -OCH3 is 1. The Bertz CT molecular complexity index is 285. The van der Waals surface area contributed by atoms with Gasteiger partial charge < -0.3 is 25.6 Å². The number of aliphatic hydroxyl groups excluding tert-OH is 1. The summed E-state index contributed by atoms with van der Waals surface area (Å²) in [7, 11) is 1.60. The Hall–Kier alpha value is -1.34. The van der Waals surface area contributed by atoms with Crippen LogP contribution in [-0.2, 0) is 9.53 Å². The van der Waals surface area contributed by atoms with Crippen LogP contribution in [-0.4, -0.2) is 54.1 Å². The van der Waals surface area contributed by atoms with E-state index >= 15 is 0 Å². The molecule has 0 aliphatic heterocycles. The van der Waals surface area contributed by atoms with E-state index in [0.29, 0.717) is 6.54 Å². The summed E-state index contributed by atoms with van der Waals surface area (Å²) in [5.41, 5.74) is -0.275. The van der Waals surface area contributed by atoms with Gasteiger partial charge in [0.2, 0.25) is 0 Å². The van der Waals surface area contributed by atoms with Crippen molar-refractivity contribution in [2.24, 2.45) is 0 Å². The molecule has 0 aromatic rings. The number of carbonyl (C=O) groups is 2. The molecule has 17 heavy (non-hydrogen) atoms. The molecule has 1 saturated carbocycles. The van der Waals surface area contributed by atoms with Crippen LogP contribution >= 0.6 is 0 Å². The van der Waals surface area contributed by atoms with Gasteiger partial charge >= 0.3 is 12.0 Å². The van der Waals surface area contributed by atoms with Gasteiger partial charge in [-0.3, -0.25) is 0 Å². The van der Waals surface area contributed by atoms with Gasteiger partial charge in [0.05, 0.1) is 12.1 Å². The van der Waals surface area contributed by atoms with E-state index in [4.69, 9.17) is 14.9 Å². The van der Waals surface area contributed by atoms with Crippen LogP contribution in [0.5, 0.6) is 0 Å². The fourth-order valence-corrected chi connectivity index (χ4v) is 1.60. The number of amides is 2. The molecule has 0 spiro atoms. The Morgan fingerprint density at radius 2 is 2.06 bits per heavy atom. The molecule has 7 nitrogen and oxygen atoms in total. The Morgan fingerprint density at radius 1 is 1.41 bits per heavy atom. The van der Waals surface area contributed by atoms with Crippen LogP contribution < -0.4 is 10.6 Å². The lowest BCUT2D eigenvalue weighted by Gasteiger charge is -2.40. The first-order valence-corrected chi connectivity index (χ1v) is 5.47. The number of hydrogen-bond acceptors (Lipinski definition) is 4. The molecule has 1 aliphatic carbocycles. The van der Waals surface area contributed by atoms with E-state index in [0.717, 1.165) is 19.3 Å². The molecule has 0 aromatic heterocycles. The second kappa shape index (κ2) is 5.83. The molecule has 0 saturated heterocycles. The fourth-order valence-electron chi connectivity index (χ4n) is 1.60. The standard InChI is InChI=1S/C10H18N2O5/c1-17-10(3-2-4-10)6-12-9(16)11-5-7(13)8(14)15/h7,13H,2-6H2,1H3,(H,14,15)(H2,11,12,16). The van der Waals surface area contributed by atoms with E-state index in [1.165, 1.54) is 0 Å². The number of aliphatic carboxylic acids is 1. The number of hydrogen-bond donors (Lipinski definition) is 4. The monoisotopic (exact) mass is 246 g/mol. The van der Waals surface area contributed by atoms with Crippen LogP contribution in [0.3, 0.4) is 0 Å². The first kappa shape index (κ1) is 13.7. The minimum Gasteiger partial charge on any atom is -0.479 e. The van der Waals surface area contributed by atoms with Crippen LogP contribution in [0.15, 0.2) is 0 Å². The molecule has 1 unspecified atom stereocenters. The largest absolute Gasteiger partial charge is 0.479 e. The summed E-state index contributed by atoms with van der Waals surface area (Å²) in [6, 6.07) is -0.506. The van der Waals surface area contributed by atoms with Gasteiger partial charge in [-0.15, -0.1) is 0 Å². The fraction of sp³-hybridized carbons (Fsp3) is 0.800. The Balaban J connectivity index is 2.19. The third-order valence-corrected chi connectivity index (χ3v) is 3.01. The third kappa shape index (κ3) is 3.86. The number of carboxylic acids is 1. The van der Waals surface area contributed by atoms with Crippen molar-refractivity contribution in [1.82, 2.24) is 10.6 Å². The molecule has 2 amide bonds. The van der Waals surface area contributed by atoms with E-state index in [-0.39, 0.29) is 12.1 Å². The van der Waals surface area contributed by atoms with Gasteiger partial charge in [0, 0.05) is 13.7 Å². The van der Waals surface area contributed by atoms with Crippen molar-refractivity contribution in [1.29, 1.82) is 0 Å². The molecule has 1 fully saturated rings. The van der Waals surface area contributed by atoms with E-state index < -0.39 is 18.1 Å². The molecule has 0 aromatic carbocycles. The van der Waals surface area contributed by atoms with E-state index in [1.54, 1.807) is 7.11 Å². The maximum atomic E-state index is 11.3. The summed E-state index contributed by atoms with van der Waals surface area (Å²) >= 11 is 0. The average Bonchev–Trinajstić information content (AvgIpc) is 2.24. The van der Waals surface area contributed by atoms with Crippen molar-refractivity contribution < 1.29 is 24.5 Å². The first-order valence-electron chi connectivity index (χ1n) is 5.47. The summed E-state index contributed by atoms with van der Waals surface area (Å²) in [6.45, 7) is 0.0691. The summed E-state index contributed by atoms with van der Waals surface area (Å²) in [5.74, 6) is -1.36. The summed E-state index contributed by atoms with van der Waals surface area (Å²) in [6.07, 6.45) is 1.30. The zero-order valence-corrected chi connectivity index (χ0v) is 9.73. The number of carboxylic acid groups (broad SMARTS) is 1. The zero-order valence-electron chi connectivity index (χ0n) is 9.73. The molecule has 98 valence electrons. The molecular weight excluding hydrogens is 228 g/mol. The van der Waals surface area contributed by atoms with Gasteiger partial charge in [-0.05, 0) is 19.3 Å². The zero-order chi connectivity index (χ0) is 12.9. The third-order valence-electron chi connectivity index (χ3n) is 3.01. The summed E-state index contributed by atoms with van der Waals surface area (Å²) in [4.78, 5) is 21.6. The van der Waals surface area contributed by atoms with Gasteiger partial charge in [0.25, 0.3) is 0 Å². The Labute approximate surface area is 99.1 Å². The molecule has 1 rings (SSSR count). The van der Waals surface area contributed by atoms with Gasteiger partial charge in [-0.1, -0.05) is 0 Å². The highest BCUT2D eigenvalue weighted by atomic mass is 16.5. The molecule has 4 N–H and O–H groups in total. The van der Waals surface area contributed by atoms with Crippen LogP contribution in [0.1, 0.15) is 19.3 Å². The van der Waals surface area contributed by atoms with Gasteiger partial charge in [0.1, 0.15) is 0 Å². The molecule has 1 aliphatic rings. The highest BCUT2D eigenvalue weighted by Gasteiger charge is 2.37. The van der Waals surface area contributed by atoms with Crippen LogP contribution in [0.2, 0.25) is 0 Å². The smallest absolute Gasteiger partial charge is 0.334 e. The molecule has 7 heteroatoms. The Kier molecular flexibility index (Phi) is 4.71. The van der Waals surface area contributed by atoms with Crippen molar-refractivity contribution in [2.75, 3.05) is 20.2 Å². The van der Waals surface area contributed by atoms with E-state index in [2.05, 4.69) is 10.6 Å². The van der Waals surface area contributed by atoms with Crippen molar-refractivity contribution in [3.63, 3.8) is 0 Å². The van der Waals surface area contributed by atoms with E-state index in [9.17, 15) is 9.59 Å². The number of ether oxygens (including phenoxy) is 1. The highest BCUT2D eigenvalue weighted by molar-refractivity contribution is 5.76. The summed E-state index contributed by atoms with van der Waals surface area (Å²) in [5, 5.41) is 22.2. The lowest BCUT2D eigenvalue weighted by molar-refractivity contribution is -0.146. The van der Waals surface area contributed by atoms with Crippen LogP contribution in [0.4, 0.5) is 4.79 Å². The maximum Gasteiger partial charge on any atom is 0.334 e. The van der Waals surface area contributed by atoms with E-state index in [1.807, 2.05) is 0 Å². The van der Waals surface area contributed by atoms with Crippen LogP contribution in [0, 0.1) is 0 Å². The summed E-state index contributed by atoms with van der Waals surface area (Å²) < 4.78 is 5.30. The molecule has 0 bridgehead atoms. The number of carbonyl (C=O) groups excluding carboxylic acids is 1.